The van der Waals surface area contributed by atoms with Crippen molar-refractivity contribution in [2.24, 2.45) is 51.6 Å². The third-order valence-corrected chi connectivity index (χ3v) is 21.3. The van der Waals surface area contributed by atoms with E-state index in [1.807, 2.05) is 0 Å². The summed E-state index contributed by atoms with van der Waals surface area (Å²) in [6.45, 7) is 0.763. The number of aromatic nitrogens is 4. The number of unbranched alkanes of at least 4 members (excludes halogenated alkanes) is 2. The lowest BCUT2D eigenvalue weighted by Crippen LogP contribution is -2.61. The number of nitrogens with one attached hydrogen (secondary N) is 20. The van der Waals surface area contributed by atoms with Gasteiger partial charge in [-0.15, -0.1) is 0 Å². The van der Waals surface area contributed by atoms with Crippen LogP contribution in [0.4, 0.5) is 0 Å². The first kappa shape index (κ1) is 97.3. The number of H-pyrrole nitrogens is 4. The van der Waals surface area contributed by atoms with E-state index in [0.29, 0.717) is 85.1 Å². The Morgan fingerprint density at radius 3 is 0.786 bits per heavy atom. The maximum atomic E-state index is 15.8. The van der Waals surface area contributed by atoms with Crippen molar-refractivity contribution in [3.8, 4) is 0 Å². The molecule has 0 saturated carbocycles. The van der Waals surface area contributed by atoms with Crippen molar-refractivity contribution in [3.05, 3.63) is 144 Å². The number of guanidine groups is 3. The highest BCUT2D eigenvalue weighted by atomic mass is 16.2. The highest BCUT2D eigenvalue weighted by Gasteiger charge is 2.38. The average molecular weight is 1740 g/mol. The number of fused-ring (bicyclic) bond motifs is 4. The molecule has 0 aliphatic heterocycles. The van der Waals surface area contributed by atoms with Crippen molar-refractivity contribution in [2.75, 3.05) is 32.7 Å². The number of benzene rings is 4. The van der Waals surface area contributed by atoms with Crippen LogP contribution in [-0.4, -0.2) is 214 Å². The van der Waals surface area contributed by atoms with E-state index in [-0.39, 0.29) is 147 Å². The zero-order valence-corrected chi connectivity index (χ0v) is 70.1. The van der Waals surface area contributed by atoms with Crippen LogP contribution in [0.3, 0.4) is 0 Å². The molecule has 4 aromatic heterocycles. The summed E-state index contributed by atoms with van der Waals surface area (Å²) in [5.74, 6) is -12.7. The second-order valence-electron chi connectivity index (χ2n) is 30.9. The number of carbonyl (C=O) groups is 13. The van der Waals surface area contributed by atoms with Crippen LogP contribution < -0.4 is 121 Å². The van der Waals surface area contributed by atoms with Crippen LogP contribution in [0.5, 0.6) is 0 Å². The van der Waals surface area contributed by atoms with Gasteiger partial charge in [0.2, 0.25) is 76.8 Å². The quantitative estimate of drug-likeness (QED) is 0.0103. The molecule has 126 heavy (non-hydrogen) atoms. The van der Waals surface area contributed by atoms with Crippen LogP contribution in [0.25, 0.3) is 43.6 Å². The molecular weight excluding hydrogens is 1620 g/mol. The molecule has 4 heterocycles. The van der Waals surface area contributed by atoms with Crippen LogP contribution in [0.15, 0.2) is 122 Å². The highest BCUT2D eigenvalue weighted by Crippen LogP contribution is 2.25. The minimum atomic E-state index is -1.72. The Morgan fingerprint density at radius 1 is 0.286 bits per heavy atom. The number of para-hydroxylation sites is 4. The standard InChI is InChI=1S/C84H119N29O13/c85-33-11-9-25-60(107-78(123)65(38-46-42-100-55-21-5-1-16-50(46)55)111-76(121)63(29-31-69(88)114)105-72(117)54(87)20-13-35-97-82(91)92)74(119)106-61(26-10-12-34-86)75(120)110-68(41-49-45-103-58-24-8-4-19-53(49)58)81(126)113-67(40-48-44-102-57-23-7-3-18-52(48)57)80(125)109-64(30-32-70(89)115)77(122)112-66(39-47-43-101-56-22-6-2-17-51(47)56)79(124)108-62(28-15-37-99-84(95)96)73(118)104-59(71(90)116)27-14-36-98-83(93)94/h1-8,16-19,21-24,42-45,54,59-68,100-103H,9-15,20,25-41,85-87H2,(H2,88,114)(H2,89,115)(H2,90,116)(H,104,118)(H,105,117)(H,106,119)(H,107,123)(H,108,124)(H,109,125)(H,110,120)(H,111,121)(H,112,122)(H,113,126)(H4,91,92,97)(H4,93,94,98)(H4,95,96,99)/t54-,59-,60-,61-,62-,63-,64-,65-,66-,67-,68-/m0/s1. The Bertz CT molecular complexity index is 5120. The maximum Gasteiger partial charge on any atom is 0.243 e. The van der Waals surface area contributed by atoms with E-state index >= 15 is 33.6 Å². The third-order valence-electron chi connectivity index (χ3n) is 21.3. The fourth-order valence-electron chi connectivity index (χ4n) is 14.6. The Kier molecular flexibility index (Phi) is 38.0. The third kappa shape index (κ3) is 30.4. The van der Waals surface area contributed by atoms with Gasteiger partial charge in [0.25, 0.3) is 0 Å². The van der Waals surface area contributed by atoms with Gasteiger partial charge >= 0.3 is 0 Å². The van der Waals surface area contributed by atoms with Crippen molar-refractivity contribution >= 4 is 138 Å². The summed E-state index contributed by atoms with van der Waals surface area (Å²) >= 11 is 0. The first-order valence-corrected chi connectivity index (χ1v) is 41.9. The SMILES string of the molecule is N=C(N)NCCC[C@H](NC(=O)[C@H](CCCNC(=N)N)NC(=O)[C@H](Cc1c[nH]c2ccccc12)NC(=O)[C@H](CCC(N)=O)NC(=O)[C@H](Cc1c[nH]c2ccccc12)NC(=O)[C@H](Cc1c[nH]c2ccccc12)NC(=O)[C@H](CCCCN)NC(=O)[C@H](CCCCN)NC(=O)[C@H](Cc1c[nH]c2ccccc12)NC(=O)[C@H](CCC(N)=O)NC(=O)[C@@H](N)CCCNC(=N)N)C(N)=O. The zero-order valence-electron chi connectivity index (χ0n) is 70.1. The van der Waals surface area contributed by atoms with Gasteiger partial charge in [0.15, 0.2) is 17.9 Å². The number of carbonyl (C=O) groups excluding carboxylic acids is 13. The minimum absolute atomic E-state index is 0.00742. The molecule has 42 nitrogen and oxygen atoms in total. The molecule has 0 bridgehead atoms. The smallest absolute Gasteiger partial charge is 0.243 e. The number of amides is 13. The van der Waals surface area contributed by atoms with Crippen LogP contribution in [0, 0.1) is 16.2 Å². The lowest BCUT2D eigenvalue weighted by atomic mass is 10.00. The largest absolute Gasteiger partial charge is 0.370 e. The maximum absolute atomic E-state index is 15.8. The van der Waals surface area contributed by atoms with Crippen LogP contribution >= 0.6 is 0 Å². The normalized spacial score (nSPS) is 13.9. The summed E-state index contributed by atoms with van der Waals surface area (Å²) in [6, 6.07) is 12.1. The van der Waals surface area contributed by atoms with Crippen molar-refractivity contribution in [3.63, 3.8) is 0 Å². The Balaban J connectivity index is 1.11. The molecule has 11 atom stereocenters. The number of hydrogen-bond donors (Lipinski definition) is 29. The Morgan fingerprint density at radius 2 is 0.516 bits per heavy atom. The first-order chi connectivity index (χ1) is 60.4. The predicted molar refractivity (Wildman–Crippen MR) is 475 cm³/mol. The molecule has 4 aromatic carbocycles. The molecule has 38 N–H and O–H groups in total. The second-order valence-corrected chi connectivity index (χ2v) is 30.9. The van der Waals surface area contributed by atoms with E-state index < -0.39 is 156 Å². The number of aromatic amines is 4. The first-order valence-electron chi connectivity index (χ1n) is 41.9. The topological polar surface area (TPSA) is 747 Å². The lowest BCUT2D eigenvalue weighted by Gasteiger charge is -2.29. The Labute approximate surface area is 726 Å². The molecule has 13 amide bonds. The molecule has 0 aliphatic rings. The van der Waals surface area contributed by atoms with E-state index in [4.69, 9.17) is 67.8 Å². The van der Waals surface area contributed by atoms with Gasteiger partial charge in [0.05, 0.1) is 6.04 Å². The summed E-state index contributed by atoms with van der Waals surface area (Å²) in [4.78, 5) is 201. The molecule has 0 spiro atoms. The molecule has 8 rings (SSSR count). The van der Waals surface area contributed by atoms with Crippen molar-refractivity contribution < 1.29 is 62.3 Å². The minimum Gasteiger partial charge on any atom is -0.370 e. The fraction of sp³-hybridized carbons (Fsp3) is 0.429. The Hall–Kier alpha value is -14.2. The van der Waals surface area contributed by atoms with E-state index in [2.05, 4.69) is 89.1 Å². The lowest BCUT2D eigenvalue weighted by molar-refractivity contribution is -0.136. The molecule has 0 fully saturated rings. The summed E-state index contributed by atoms with van der Waals surface area (Å²) in [5, 5.41) is 60.6. The fourth-order valence-corrected chi connectivity index (χ4v) is 14.6. The van der Waals surface area contributed by atoms with Crippen molar-refractivity contribution in [1.29, 1.82) is 16.2 Å². The van der Waals surface area contributed by atoms with E-state index in [1.54, 1.807) is 122 Å². The summed E-state index contributed by atoms with van der Waals surface area (Å²) in [5.41, 5.74) is 56.4. The molecule has 0 aliphatic carbocycles. The molecule has 8 aromatic rings. The zero-order chi connectivity index (χ0) is 91.4. The highest BCUT2D eigenvalue weighted by molar-refractivity contribution is 6.01. The van der Waals surface area contributed by atoms with Gasteiger partial charge in [-0.1, -0.05) is 72.8 Å². The molecule has 42 heteroatoms. The number of rotatable bonds is 55. The molecule has 0 unspecified atom stereocenters. The van der Waals surface area contributed by atoms with Gasteiger partial charge in [-0.05, 0) is 150 Å². The average Bonchev–Trinajstić information content (AvgIpc) is 1.65. The molecule has 0 radical (unpaired) electrons. The van der Waals surface area contributed by atoms with Crippen LogP contribution in [-0.2, 0) is 88.0 Å². The van der Waals surface area contributed by atoms with Crippen LogP contribution in [0.2, 0.25) is 0 Å². The second kappa shape index (κ2) is 49.2. The summed E-state index contributed by atoms with van der Waals surface area (Å²) in [7, 11) is 0. The van der Waals surface area contributed by atoms with Crippen molar-refractivity contribution in [1.82, 2.24) is 89.1 Å². The van der Waals surface area contributed by atoms with Crippen LogP contribution in [0.1, 0.15) is 125 Å². The van der Waals surface area contributed by atoms with Gasteiger partial charge in [-0.25, -0.2) is 0 Å². The van der Waals surface area contributed by atoms with E-state index in [9.17, 15) is 28.8 Å². The number of nitrogens with two attached hydrogens (primary N) is 9. The summed E-state index contributed by atoms with van der Waals surface area (Å²) in [6.07, 6.45) is 5.47. The summed E-state index contributed by atoms with van der Waals surface area (Å²) < 4.78 is 0. The number of primary amides is 3. The van der Waals surface area contributed by atoms with Gasteiger partial charge < -0.3 is 141 Å². The number of hydrogen-bond acceptors (Lipinski definition) is 19. The monoisotopic (exact) mass is 1740 g/mol. The van der Waals surface area contributed by atoms with E-state index in [1.165, 1.54) is 0 Å². The molecular formula is C84H119N29O13. The van der Waals surface area contributed by atoms with Gasteiger partial charge in [-0.3, -0.25) is 78.6 Å². The van der Waals surface area contributed by atoms with Gasteiger partial charge in [-0.2, -0.15) is 0 Å². The van der Waals surface area contributed by atoms with Gasteiger partial charge in [0, 0.05) is 127 Å². The predicted octanol–water partition coefficient (Wildman–Crippen LogP) is -2.88. The van der Waals surface area contributed by atoms with E-state index in [0.717, 1.165) is 0 Å². The molecule has 0 saturated heterocycles. The van der Waals surface area contributed by atoms with Gasteiger partial charge in [0.1, 0.15) is 60.4 Å². The van der Waals surface area contributed by atoms with Crippen molar-refractivity contribution in [2.45, 2.75) is 195 Å². The molecule has 678 valence electrons.